The molecule has 0 saturated carbocycles. The Morgan fingerprint density at radius 3 is 2.22 bits per heavy atom. The van der Waals surface area contributed by atoms with Gasteiger partial charge >= 0.3 is 0 Å². The van der Waals surface area contributed by atoms with Gasteiger partial charge in [-0.15, -0.1) is 0 Å². The lowest BCUT2D eigenvalue weighted by molar-refractivity contribution is -0.111. The first-order chi connectivity index (χ1) is 17.3. The number of amides is 2. The molecular weight excluding hydrogens is 460 g/mol. The van der Waals surface area contributed by atoms with Gasteiger partial charge in [-0.25, -0.2) is 0 Å². The van der Waals surface area contributed by atoms with Crippen molar-refractivity contribution in [2.45, 2.75) is 6.92 Å². The normalized spacial score (nSPS) is 11.3. The molecule has 8 nitrogen and oxygen atoms in total. The van der Waals surface area contributed by atoms with Crippen molar-refractivity contribution < 1.29 is 28.2 Å². The monoisotopic (exact) mass is 486 g/mol. The zero-order valence-corrected chi connectivity index (χ0v) is 20.4. The average Bonchev–Trinajstić information content (AvgIpc) is 3.30. The molecule has 0 radical (unpaired) electrons. The zero-order valence-electron chi connectivity index (χ0n) is 20.4. The molecule has 1 heterocycles. The summed E-state index contributed by atoms with van der Waals surface area (Å²) in [6.07, 6.45) is 3.17. The number of allylic oxidation sites excluding steroid dienone is 1. The first-order valence-corrected chi connectivity index (χ1v) is 11.1. The summed E-state index contributed by atoms with van der Waals surface area (Å²) < 4.78 is 22.2. The number of nitrogens with one attached hydrogen (secondary N) is 1. The number of methoxy groups -OCH3 is 3. The SMILES string of the molecule is COc1ccc(-c2coc3cc(OC)c(/C(C)=C/C(=O)Nc4ccc(C(N)=O)cc4)cc23)cc1OC. The Morgan fingerprint density at radius 2 is 1.58 bits per heavy atom. The molecule has 4 rings (SSSR count). The number of carbonyl (C=O) groups excluding carboxylic acids is 2. The van der Waals surface area contributed by atoms with Gasteiger partial charge < -0.3 is 29.7 Å². The average molecular weight is 487 g/mol. The van der Waals surface area contributed by atoms with E-state index in [1.807, 2.05) is 31.2 Å². The van der Waals surface area contributed by atoms with Crippen LogP contribution in [-0.4, -0.2) is 33.1 Å². The number of furan rings is 1. The van der Waals surface area contributed by atoms with E-state index in [2.05, 4.69) is 5.32 Å². The lowest BCUT2D eigenvalue weighted by Gasteiger charge is -2.11. The van der Waals surface area contributed by atoms with Crippen LogP contribution >= 0.6 is 0 Å². The van der Waals surface area contributed by atoms with Crippen molar-refractivity contribution in [1.82, 2.24) is 0 Å². The molecule has 0 unspecified atom stereocenters. The van der Waals surface area contributed by atoms with Crippen LogP contribution < -0.4 is 25.3 Å². The third-order valence-electron chi connectivity index (χ3n) is 5.80. The van der Waals surface area contributed by atoms with Gasteiger partial charge in [0.25, 0.3) is 0 Å². The Labute approximate surface area is 208 Å². The van der Waals surface area contributed by atoms with Gasteiger partial charge in [0.2, 0.25) is 11.8 Å². The minimum Gasteiger partial charge on any atom is -0.496 e. The predicted octanol–water partition coefficient (Wildman–Crippen LogP) is 5.27. The van der Waals surface area contributed by atoms with Crippen molar-refractivity contribution in [3.8, 4) is 28.4 Å². The van der Waals surface area contributed by atoms with E-state index in [4.69, 9.17) is 24.4 Å². The van der Waals surface area contributed by atoms with Crippen LogP contribution in [0.25, 0.3) is 27.7 Å². The highest BCUT2D eigenvalue weighted by atomic mass is 16.5. The molecule has 0 atom stereocenters. The highest BCUT2D eigenvalue weighted by Crippen LogP contribution is 2.39. The molecule has 0 aliphatic rings. The van der Waals surface area contributed by atoms with Crippen LogP contribution in [0, 0.1) is 0 Å². The standard InChI is InChI=1S/C28H26N2O6/c1-16(11-27(31)30-19-8-5-17(6-9-19)28(29)32)20-13-21-22(15-36-25(21)14-24(20)34-3)18-7-10-23(33-2)26(12-18)35-4/h5-15H,1-4H3,(H2,29,32)(H,30,31)/b16-11+. The number of ether oxygens (including phenoxy) is 3. The van der Waals surface area contributed by atoms with Gasteiger partial charge in [0.1, 0.15) is 11.3 Å². The Morgan fingerprint density at radius 1 is 0.889 bits per heavy atom. The van der Waals surface area contributed by atoms with E-state index < -0.39 is 5.91 Å². The van der Waals surface area contributed by atoms with Crippen molar-refractivity contribution in [2.75, 3.05) is 26.6 Å². The van der Waals surface area contributed by atoms with Crippen LogP contribution in [0.5, 0.6) is 17.2 Å². The van der Waals surface area contributed by atoms with Gasteiger partial charge in [-0.3, -0.25) is 9.59 Å². The highest BCUT2D eigenvalue weighted by molar-refractivity contribution is 6.05. The molecule has 3 N–H and O–H groups in total. The van der Waals surface area contributed by atoms with Gasteiger partial charge in [-0.2, -0.15) is 0 Å². The number of rotatable bonds is 8. The second-order valence-corrected chi connectivity index (χ2v) is 8.03. The molecule has 0 aliphatic heterocycles. The van der Waals surface area contributed by atoms with E-state index in [0.717, 1.165) is 22.1 Å². The van der Waals surface area contributed by atoms with Crippen molar-refractivity contribution in [1.29, 1.82) is 0 Å². The smallest absolute Gasteiger partial charge is 0.248 e. The molecule has 0 fully saturated rings. The second-order valence-electron chi connectivity index (χ2n) is 8.03. The molecule has 2 amide bonds. The second kappa shape index (κ2) is 10.3. The number of primary amides is 1. The van der Waals surface area contributed by atoms with Gasteiger partial charge in [-0.1, -0.05) is 6.07 Å². The fraction of sp³-hybridized carbons (Fsp3) is 0.143. The number of hydrogen-bond donors (Lipinski definition) is 2. The van der Waals surface area contributed by atoms with Gasteiger partial charge in [0.05, 0.1) is 27.6 Å². The largest absolute Gasteiger partial charge is 0.496 e. The van der Waals surface area contributed by atoms with E-state index in [-0.39, 0.29) is 5.91 Å². The van der Waals surface area contributed by atoms with Gasteiger partial charge in [0, 0.05) is 39.9 Å². The minimum atomic E-state index is -0.530. The quantitative estimate of drug-likeness (QED) is 0.328. The van der Waals surface area contributed by atoms with E-state index in [0.29, 0.717) is 39.7 Å². The van der Waals surface area contributed by atoms with Crippen LogP contribution in [0.1, 0.15) is 22.8 Å². The Bertz CT molecular complexity index is 1470. The lowest BCUT2D eigenvalue weighted by Crippen LogP contribution is -2.12. The molecule has 3 aromatic carbocycles. The van der Waals surface area contributed by atoms with Crippen LogP contribution in [0.4, 0.5) is 5.69 Å². The highest BCUT2D eigenvalue weighted by Gasteiger charge is 2.16. The van der Waals surface area contributed by atoms with Crippen molar-refractivity contribution in [3.05, 3.63) is 78.1 Å². The van der Waals surface area contributed by atoms with Gasteiger partial charge in [-0.05, 0) is 60.5 Å². The van der Waals surface area contributed by atoms with Crippen molar-refractivity contribution in [3.63, 3.8) is 0 Å². The summed E-state index contributed by atoms with van der Waals surface area (Å²) in [4.78, 5) is 23.9. The topological polar surface area (TPSA) is 113 Å². The molecule has 0 aliphatic carbocycles. The van der Waals surface area contributed by atoms with E-state index in [1.54, 1.807) is 57.9 Å². The van der Waals surface area contributed by atoms with Crippen LogP contribution in [-0.2, 0) is 4.79 Å². The van der Waals surface area contributed by atoms with Crippen molar-refractivity contribution in [2.24, 2.45) is 5.73 Å². The molecule has 0 bridgehead atoms. The summed E-state index contributed by atoms with van der Waals surface area (Å²) in [5.74, 6) is 0.954. The summed E-state index contributed by atoms with van der Waals surface area (Å²) in [7, 11) is 4.74. The molecule has 0 saturated heterocycles. The summed E-state index contributed by atoms with van der Waals surface area (Å²) in [5, 5.41) is 3.64. The molecular formula is C28H26N2O6. The molecule has 1 aromatic heterocycles. The Kier molecular flexibility index (Phi) is 6.96. The summed E-state index contributed by atoms with van der Waals surface area (Å²) in [6.45, 7) is 1.83. The number of carbonyl (C=O) groups is 2. The Balaban J connectivity index is 1.68. The van der Waals surface area contributed by atoms with E-state index in [1.165, 1.54) is 6.08 Å². The number of hydrogen-bond acceptors (Lipinski definition) is 6. The molecule has 8 heteroatoms. The fourth-order valence-corrected chi connectivity index (χ4v) is 3.93. The summed E-state index contributed by atoms with van der Waals surface area (Å²) >= 11 is 0. The summed E-state index contributed by atoms with van der Waals surface area (Å²) in [5.41, 5.74) is 10.0. The zero-order chi connectivity index (χ0) is 25.8. The number of benzene rings is 3. The third kappa shape index (κ3) is 4.88. The minimum absolute atomic E-state index is 0.325. The van der Waals surface area contributed by atoms with Crippen LogP contribution in [0.2, 0.25) is 0 Å². The first kappa shape index (κ1) is 24.4. The van der Waals surface area contributed by atoms with Crippen molar-refractivity contribution >= 4 is 34.0 Å². The molecule has 184 valence electrons. The maximum atomic E-state index is 12.7. The van der Waals surface area contributed by atoms with Gasteiger partial charge in [0.15, 0.2) is 11.5 Å². The number of anilines is 1. The number of fused-ring (bicyclic) bond motifs is 1. The fourth-order valence-electron chi connectivity index (χ4n) is 3.93. The maximum absolute atomic E-state index is 12.7. The molecule has 36 heavy (non-hydrogen) atoms. The lowest BCUT2D eigenvalue weighted by atomic mass is 9.99. The third-order valence-corrected chi connectivity index (χ3v) is 5.80. The maximum Gasteiger partial charge on any atom is 0.248 e. The predicted molar refractivity (Wildman–Crippen MR) is 139 cm³/mol. The van der Waals surface area contributed by atoms with E-state index >= 15 is 0 Å². The molecule has 0 spiro atoms. The van der Waals surface area contributed by atoms with E-state index in [9.17, 15) is 9.59 Å². The Hall–Kier alpha value is -4.72. The summed E-state index contributed by atoms with van der Waals surface area (Å²) in [6, 6.07) is 15.7. The molecule has 4 aromatic rings. The van der Waals surface area contributed by atoms with Crippen LogP contribution in [0.15, 0.2) is 71.4 Å². The first-order valence-electron chi connectivity index (χ1n) is 11.1. The van der Waals surface area contributed by atoms with Crippen LogP contribution in [0.3, 0.4) is 0 Å². The number of nitrogens with two attached hydrogens (primary N) is 1.